The maximum absolute atomic E-state index is 12.8. The molecule has 1 amide bonds. The molecule has 0 saturated carbocycles. The fraction of sp³-hybridized carbons (Fsp3) is 0.467. The summed E-state index contributed by atoms with van der Waals surface area (Å²) < 4.78 is 26.4. The monoisotopic (exact) mass is 342 g/mol. The Morgan fingerprint density at radius 1 is 1.26 bits per heavy atom. The van der Waals surface area contributed by atoms with Gasteiger partial charge in [0.15, 0.2) is 0 Å². The lowest BCUT2D eigenvalue weighted by Gasteiger charge is -2.26. The normalized spacial score (nSPS) is 12.9. The first-order valence-corrected chi connectivity index (χ1v) is 8.57. The molecule has 8 heteroatoms. The number of aliphatic carboxylic acids is 1. The Kier molecular flexibility index (Phi) is 6.28. The van der Waals surface area contributed by atoms with Crippen LogP contribution in [0.5, 0.6) is 0 Å². The van der Waals surface area contributed by atoms with Gasteiger partial charge in [0, 0.05) is 20.0 Å². The first kappa shape index (κ1) is 19.1. The van der Waals surface area contributed by atoms with Gasteiger partial charge in [-0.05, 0) is 44.0 Å². The van der Waals surface area contributed by atoms with E-state index in [0.717, 1.165) is 15.4 Å². The SMILES string of the molecule is CC(=O)NCCN(C(C)C(=O)O)S(=O)(=O)c1ccc(C)c(C)c1. The molecule has 0 heterocycles. The average Bonchev–Trinajstić information content (AvgIpc) is 2.45. The van der Waals surface area contributed by atoms with Crippen LogP contribution in [0.2, 0.25) is 0 Å². The third-order valence-corrected chi connectivity index (χ3v) is 5.55. The van der Waals surface area contributed by atoms with Gasteiger partial charge in [-0.1, -0.05) is 6.07 Å². The standard InChI is InChI=1S/C15H22N2O5S/c1-10-5-6-14(9-11(10)2)23(21,22)17(12(3)15(19)20)8-7-16-13(4)18/h5-6,9,12H,7-8H2,1-4H3,(H,16,18)(H,19,20). The third kappa shape index (κ3) is 4.77. The molecule has 1 atom stereocenters. The summed E-state index contributed by atoms with van der Waals surface area (Å²) in [7, 11) is -3.98. The molecular formula is C15H22N2O5S. The number of carbonyl (C=O) groups is 2. The summed E-state index contributed by atoms with van der Waals surface area (Å²) in [6.45, 7) is 6.17. The second-order valence-electron chi connectivity index (χ2n) is 5.36. The van der Waals surface area contributed by atoms with Crippen molar-refractivity contribution in [3.8, 4) is 0 Å². The van der Waals surface area contributed by atoms with Gasteiger partial charge in [0.05, 0.1) is 4.90 Å². The summed E-state index contributed by atoms with van der Waals surface area (Å²) >= 11 is 0. The van der Waals surface area contributed by atoms with Crippen LogP contribution in [0.4, 0.5) is 0 Å². The number of aryl methyl sites for hydroxylation is 2. The zero-order chi connectivity index (χ0) is 17.8. The van der Waals surface area contributed by atoms with E-state index < -0.39 is 22.0 Å². The Labute approximate surface area is 136 Å². The van der Waals surface area contributed by atoms with Crippen LogP contribution in [0, 0.1) is 13.8 Å². The third-order valence-electron chi connectivity index (χ3n) is 3.58. The molecule has 1 unspecified atom stereocenters. The van der Waals surface area contributed by atoms with Gasteiger partial charge < -0.3 is 10.4 Å². The van der Waals surface area contributed by atoms with Crippen molar-refractivity contribution in [3.05, 3.63) is 29.3 Å². The predicted molar refractivity (Wildman–Crippen MR) is 85.6 cm³/mol. The van der Waals surface area contributed by atoms with Crippen molar-refractivity contribution in [2.45, 2.75) is 38.6 Å². The lowest BCUT2D eigenvalue weighted by molar-refractivity contribution is -0.140. The van der Waals surface area contributed by atoms with Gasteiger partial charge in [0.25, 0.3) is 0 Å². The van der Waals surface area contributed by atoms with E-state index in [1.165, 1.54) is 26.0 Å². The maximum atomic E-state index is 12.8. The molecule has 1 aromatic rings. The molecule has 128 valence electrons. The molecule has 0 aromatic heterocycles. The number of benzene rings is 1. The van der Waals surface area contributed by atoms with Gasteiger partial charge in [-0.3, -0.25) is 9.59 Å². The van der Waals surface area contributed by atoms with Crippen molar-refractivity contribution in [2.75, 3.05) is 13.1 Å². The van der Waals surface area contributed by atoms with Crippen molar-refractivity contribution in [1.29, 1.82) is 0 Å². The highest BCUT2D eigenvalue weighted by Crippen LogP contribution is 2.21. The Morgan fingerprint density at radius 2 is 1.87 bits per heavy atom. The van der Waals surface area contributed by atoms with Crippen molar-refractivity contribution >= 4 is 21.9 Å². The van der Waals surface area contributed by atoms with Crippen LogP contribution in [0.1, 0.15) is 25.0 Å². The Hall–Kier alpha value is -1.93. The maximum Gasteiger partial charge on any atom is 0.321 e. The van der Waals surface area contributed by atoms with Gasteiger partial charge in [0.2, 0.25) is 15.9 Å². The molecule has 0 bridgehead atoms. The van der Waals surface area contributed by atoms with Gasteiger partial charge in [0.1, 0.15) is 6.04 Å². The van der Waals surface area contributed by atoms with E-state index in [1.807, 2.05) is 6.92 Å². The minimum absolute atomic E-state index is 0.0384. The molecule has 2 N–H and O–H groups in total. The Balaban J connectivity index is 3.18. The second kappa shape index (κ2) is 7.56. The molecule has 1 rings (SSSR count). The number of carboxylic acids is 1. The number of hydrogen-bond acceptors (Lipinski definition) is 4. The minimum atomic E-state index is -3.98. The zero-order valence-corrected chi connectivity index (χ0v) is 14.5. The van der Waals surface area contributed by atoms with Crippen LogP contribution in [0.3, 0.4) is 0 Å². The molecule has 0 saturated heterocycles. The molecule has 1 aromatic carbocycles. The number of hydrogen-bond donors (Lipinski definition) is 2. The van der Waals surface area contributed by atoms with E-state index in [2.05, 4.69) is 5.32 Å². The summed E-state index contributed by atoms with van der Waals surface area (Å²) in [6, 6.07) is 3.41. The molecule has 7 nitrogen and oxygen atoms in total. The van der Waals surface area contributed by atoms with Crippen LogP contribution >= 0.6 is 0 Å². The van der Waals surface area contributed by atoms with Gasteiger partial charge >= 0.3 is 5.97 Å². The van der Waals surface area contributed by atoms with Crippen LogP contribution < -0.4 is 5.32 Å². The smallest absolute Gasteiger partial charge is 0.321 e. The summed E-state index contributed by atoms with van der Waals surface area (Å²) in [5.74, 6) is -1.56. The number of sulfonamides is 1. The molecule has 23 heavy (non-hydrogen) atoms. The van der Waals surface area contributed by atoms with Crippen LogP contribution in [-0.4, -0.2) is 48.8 Å². The fourth-order valence-corrected chi connectivity index (χ4v) is 3.67. The highest BCUT2D eigenvalue weighted by atomic mass is 32.2. The lowest BCUT2D eigenvalue weighted by Crippen LogP contribution is -2.46. The van der Waals surface area contributed by atoms with Crippen molar-refractivity contribution < 1.29 is 23.1 Å². The number of nitrogens with one attached hydrogen (secondary N) is 1. The molecule has 0 aliphatic rings. The Bertz CT molecular complexity index is 700. The zero-order valence-electron chi connectivity index (χ0n) is 13.7. The van der Waals surface area contributed by atoms with Crippen LogP contribution in [-0.2, 0) is 19.6 Å². The van der Waals surface area contributed by atoms with Crippen molar-refractivity contribution in [3.63, 3.8) is 0 Å². The molecule has 0 aliphatic heterocycles. The molecule has 0 radical (unpaired) electrons. The van der Waals surface area contributed by atoms with Gasteiger partial charge in [-0.25, -0.2) is 8.42 Å². The summed E-state index contributed by atoms with van der Waals surface area (Å²) in [6.07, 6.45) is 0. The van der Waals surface area contributed by atoms with E-state index >= 15 is 0 Å². The number of carbonyl (C=O) groups excluding carboxylic acids is 1. The number of carboxylic acid groups (broad SMARTS) is 1. The highest BCUT2D eigenvalue weighted by molar-refractivity contribution is 7.89. The molecular weight excluding hydrogens is 320 g/mol. The first-order valence-electron chi connectivity index (χ1n) is 7.13. The second-order valence-corrected chi connectivity index (χ2v) is 7.25. The summed E-state index contributed by atoms with van der Waals surface area (Å²) in [4.78, 5) is 22.2. The number of nitrogens with zero attached hydrogens (tertiary/aromatic N) is 1. The van der Waals surface area contributed by atoms with Crippen molar-refractivity contribution in [2.24, 2.45) is 0 Å². The van der Waals surface area contributed by atoms with Gasteiger partial charge in [-0.15, -0.1) is 0 Å². The van der Waals surface area contributed by atoms with Crippen LogP contribution in [0.15, 0.2) is 23.1 Å². The van der Waals surface area contributed by atoms with Gasteiger partial charge in [-0.2, -0.15) is 4.31 Å². The number of rotatable bonds is 7. The molecule has 0 spiro atoms. The van der Waals surface area contributed by atoms with Crippen molar-refractivity contribution in [1.82, 2.24) is 9.62 Å². The summed E-state index contributed by atoms with van der Waals surface area (Å²) in [5.41, 5.74) is 1.75. The minimum Gasteiger partial charge on any atom is -0.480 e. The largest absolute Gasteiger partial charge is 0.480 e. The number of amides is 1. The Morgan fingerprint density at radius 3 is 2.35 bits per heavy atom. The van der Waals surface area contributed by atoms with E-state index in [-0.39, 0.29) is 23.9 Å². The summed E-state index contributed by atoms with van der Waals surface area (Å²) in [5, 5.41) is 11.7. The van der Waals surface area contributed by atoms with Crippen LogP contribution in [0.25, 0.3) is 0 Å². The lowest BCUT2D eigenvalue weighted by atomic mass is 10.1. The average molecular weight is 342 g/mol. The van der Waals surface area contributed by atoms with E-state index in [9.17, 15) is 23.1 Å². The highest BCUT2D eigenvalue weighted by Gasteiger charge is 2.32. The van der Waals surface area contributed by atoms with E-state index in [1.54, 1.807) is 13.0 Å². The quantitative estimate of drug-likeness (QED) is 0.766. The molecule has 0 aliphatic carbocycles. The predicted octanol–water partition coefficient (Wildman–Crippen LogP) is 0.903. The van der Waals surface area contributed by atoms with E-state index in [0.29, 0.717) is 0 Å². The topological polar surface area (TPSA) is 104 Å². The van der Waals surface area contributed by atoms with E-state index in [4.69, 9.17) is 0 Å². The first-order chi connectivity index (χ1) is 10.6. The molecule has 0 fully saturated rings. The fourth-order valence-electron chi connectivity index (χ4n) is 2.00.